The van der Waals surface area contributed by atoms with E-state index in [1.165, 1.54) is 0 Å². The maximum atomic E-state index is 10.3. The van der Waals surface area contributed by atoms with E-state index in [1.807, 2.05) is 6.92 Å². The number of carboxylic acid groups (broad SMARTS) is 1. The second-order valence-electron chi connectivity index (χ2n) is 2.47. The molecule has 0 aromatic heterocycles. The largest absolute Gasteiger partial charge is 0.479 e. The van der Waals surface area contributed by atoms with Crippen molar-refractivity contribution in [2.45, 2.75) is 19.1 Å². The van der Waals surface area contributed by atoms with E-state index in [9.17, 15) is 4.79 Å². The Bertz CT molecular complexity index is 129. The molecule has 2 N–H and O–H groups in total. The van der Waals surface area contributed by atoms with Gasteiger partial charge in [-0.2, -0.15) is 0 Å². The first-order valence-corrected chi connectivity index (χ1v) is 3.28. The number of carbonyl (C=O) groups is 1. The van der Waals surface area contributed by atoms with Crippen LogP contribution in [0, 0.1) is 0 Å². The molecule has 10 heavy (non-hydrogen) atoms. The van der Waals surface area contributed by atoms with Gasteiger partial charge in [0.25, 0.3) is 0 Å². The van der Waals surface area contributed by atoms with E-state index in [0.29, 0.717) is 13.2 Å². The molecule has 1 aliphatic rings. The highest BCUT2D eigenvalue weighted by Gasteiger charge is 2.23. The summed E-state index contributed by atoms with van der Waals surface area (Å²) >= 11 is 0. The van der Waals surface area contributed by atoms with Crippen molar-refractivity contribution in [1.82, 2.24) is 5.32 Å². The topological polar surface area (TPSA) is 58.6 Å². The summed E-state index contributed by atoms with van der Waals surface area (Å²) in [4.78, 5) is 10.3. The average molecular weight is 145 g/mol. The zero-order valence-electron chi connectivity index (χ0n) is 5.83. The summed E-state index contributed by atoms with van der Waals surface area (Å²) in [6, 6.07) is 0.274. The van der Waals surface area contributed by atoms with Crippen molar-refractivity contribution in [2.75, 3.05) is 13.2 Å². The van der Waals surface area contributed by atoms with Crippen LogP contribution in [0.5, 0.6) is 0 Å². The maximum Gasteiger partial charge on any atom is 0.334 e. The molecular weight excluding hydrogens is 134 g/mol. The lowest BCUT2D eigenvalue weighted by Crippen LogP contribution is -2.47. The minimum atomic E-state index is -0.889. The third-order valence-corrected chi connectivity index (χ3v) is 1.47. The molecule has 1 heterocycles. The summed E-state index contributed by atoms with van der Waals surface area (Å²) in [6.07, 6.45) is -0.656. The summed E-state index contributed by atoms with van der Waals surface area (Å²) in [5.41, 5.74) is 0. The number of ether oxygens (including phenoxy) is 1. The normalized spacial score (nSPS) is 33.7. The average Bonchev–Trinajstić information content (AvgIpc) is 1.88. The molecule has 0 unspecified atom stereocenters. The monoisotopic (exact) mass is 145 g/mol. The Morgan fingerprint density at radius 1 is 1.80 bits per heavy atom. The van der Waals surface area contributed by atoms with Gasteiger partial charge in [0.2, 0.25) is 0 Å². The summed E-state index contributed by atoms with van der Waals surface area (Å²) in [5, 5.41) is 11.5. The van der Waals surface area contributed by atoms with E-state index in [4.69, 9.17) is 9.84 Å². The summed E-state index contributed by atoms with van der Waals surface area (Å²) in [5.74, 6) is -0.889. The molecule has 0 aromatic rings. The smallest absolute Gasteiger partial charge is 0.334 e. The third kappa shape index (κ3) is 1.68. The van der Waals surface area contributed by atoms with Gasteiger partial charge >= 0.3 is 5.97 Å². The van der Waals surface area contributed by atoms with Crippen molar-refractivity contribution >= 4 is 5.97 Å². The van der Waals surface area contributed by atoms with E-state index >= 15 is 0 Å². The standard InChI is InChI=1S/C6H11NO3/c1-4-3-10-5(2-7-4)6(8)9/h4-5,7H,2-3H2,1H3,(H,8,9)/t4-,5-/m1/s1. The van der Waals surface area contributed by atoms with Crippen molar-refractivity contribution in [3.05, 3.63) is 0 Å². The molecule has 0 aromatic carbocycles. The number of nitrogens with one attached hydrogen (secondary N) is 1. The van der Waals surface area contributed by atoms with Crippen molar-refractivity contribution in [1.29, 1.82) is 0 Å². The van der Waals surface area contributed by atoms with Gasteiger partial charge in [-0.15, -0.1) is 0 Å². The predicted molar refractivity (Wildman–Crippen MR) is 34.8 cm³/mol. The molecule has 0 aliphatic carbocycles. The molecule has 1 saturated heterocycles. The van der Waals surface area contributed by atoms with Gasteiger partial charge in [-0.1, -0.05) is 0 Å². The molecule has 0 spiro atoms. The van der Waals surface area contributed by atoms with Crippen LogP contribution in [0.25, 0.3) is 0 Å². The van der Waals surface area contributed by atoms with E-state index < -0.39 is 12.1 Å². The Labute approximate surface area is 59.2 Å². The first-order valence-electron chi connectivity index (χ1n) is 3.28. The molecule has 1 fully saturated rings. The molecular formula is C6H11NO3. The SMILES string of the molecule is C[C@@H]1CO[C@@H](C(=O)O)CN1. The van der Waals surface area contributed by atoms with Gasteiger partial charge in [0.15, 0.2) is 6.10 Å². The fourth-order valence-corrected chi connectivity index (χ4v) is 0.845. The number of aliphatic carboxylic acids is 1. The third-order valence-electron chi connectivity index (χ3n) is 1.47. The quantitative estimate of drug-likeness (QED) is 0.519. The Balaban J connectivity index is 2.33. The molecule has 4 heteroatoms. The molecule has 1 rings (SSSR count). The van der Waals surface area contributed by atoms with Crippen molar-refractivity contribution < 1.29 is 14.6 Å². The van der Waals surface area contributed by atoms with E-state index in [2.05, 4.69) is 5.32 Å². The van der Waals surface area contributed by atoms with Crippen LogP contribution in [0.1, 0.15) is 6.92 Å². The summed E-state index contributed by atoms with van der Waals surface area (Å²) in [6.45, 7) is 2.85. The molecule has 4 nitrogen and oxygen atoms in total. The first-order chi connectivity index (χ1) is 4.70. The van der Waals surface area contributed by atoms with Crippen LogP contribution < -0.4 is 5.32 Å². The van der Waals surface area contributed by atoms with Crippen LogP contribution in [-0.4, -0.2) is 36.4 Å². The van der Waals surface area contributed by atoms with Gasteiger partial charge in [0, 0.05) is 12.6 Å². The number of hydrogen-bond donors (Lipinski definition) is 2. The lowest BCUT2D eigenvalue weighted by atomic mass is 10.2. The summed E-state index contributed by atoms with van der Waals surface area (Å²) in [7, 11) is 0. The van der Waals surface area contributed by atoms with Gasteiger partial charge in [0.1, 0.15) is 0 Å². The van der Waals surface area contributed by atoms with Crippen molar-refractivity contribution in [2.24, 2.45) is 0 Å². The number of hydrogen-bond acceptors (Lipinski definition) is 3. The van der Waals surface area contributed by atoms with Gasteiger partial charge in [-0.25, -0.2) is 4.79 Å². The fraction of sp³-hybridized carbons (Fsp3) is 0.833. The van der Waals surface area contributed by atoms with Crippen LogP contribution in [0.4, 0.5) is 0 Å². The van der Waals surface area contributed by atoms with Crippen LogP contribution in [0.15, 0.2) is 0 Å². The molecule has 1 aliphatic heterocycles. The van der Waals surface area contributed by atoms with E-state index in [-0.39, 0.29) is 6.04 Å². The van der Waals surface area contributed by atoms with E-state index in [0.717, 1.165) is 0 Å². The second kappa shape index (κ2) is 2.98. The second-order valence-corrected chi connectivity index (χ2v) is 2.47. The Hall–Kier alpha value is -0.610. The number of morpholine rings is 1. The highest BCUT2D eigenvalue weighted by molar-refractivity contribution is 5.72. The minimum absolute atomic E-state index is 0.274. The van der Waals surface area contributed by atoms with Crippen LogP contribution in [0.3, 0.4) is 0 Å². The molecule has 58 valence electrons. The lowest BCUT2D eigenvalue weighted by Gasteiger charge is -2.25. The zero-order chi connectivity index (χ0) is 7.56. The Morgan fingerprint density at radius 3 is 2.90 bits per heavy atom. The van der Waals surface area contributed by atoms with Crippen molar-refractivity contribution in [3.8, 4) is 0 Å². The van der Waals surface area contributed by atoms with Gasteiger partial charge in [0.05, 0.1) is 6.61 Å². The van der Waals surface area contributed by atoms with Crippen LogP contribution in [-0.2, 0) is 9.53 Å². The van der Waals surface area contributed by atoms with E-state index in [1.54, 1.807) is 0 Å². The molecule has 0 bridgehead atoms. The van der Waals surface area contributed by atoms with Crippen LogP contribution in [0.2, 0.25) is 0 Å². The molecule has 0 amide bonds. The lowest BCUT2D eigenvalue weighted by molar-refractivity contribution is -0.152. The predicted octanol–water partition coefficient (Wildman–Crippen LogP) is -0.552. The van der Waals surface area contributed by atoms with Gasteiger partial charge in [-0.3, -0.25) is 0 Å². The summed E-state index contributed by atoms with van der Waals surface area (Å²) < 4.78 is 4.99. The highest BCUT2D eigenvalue weighted by Crippen LogP contribution is 1.99. The first kappa shape index (κ1) is 7.50. The Kier molecular flexibility index (Phi) is 2.24. The number of rotatable bonds is 1. The maximum absolute atomic E-state index is 10.3. The molecule has 2 atom stereocenters. The molecule has 0 saturated carbocycles. The van der Waals surface area contributed by atoms with Crippen molar-refractivity contribution in [3.63, 3.8) is 0 Å². The van der Waals surface area contributed by atoms with Gasteiger partial charge in [-0.05, 0) is 6.92 Å². The van der Waals surface area contributed by atoms with Gasteiger partial charge < -0.3 is 15.2 Å². The zero-order valence-corrected chi connectivity index (χ0v) is 5.83. The van der Waals surface area contributed by atoms with Crippen LogP contribution >= 0.6 is 0 Å². The fourth-order valence-electron chi connectivity index (χ4n) is 0.845. The molecule has 0 radical (unpaired) electrons. The minimum Gasteiger partial charge on any atom is -0.479 e. The highest BCUT2D eigenvalue weighted by atomic mass is 16.5. The number of carboxylic acids is 1. The Morgan fingerprint density at radius 2 is 2.50 bits per heavy atom.